The number of rotatable bonds is 6. The highest BCUT2D eigenvalue weighted by molar-refractivity contribution is 6.06. The van der Waals surface area contributed by atoms with Crippen LogP contribution in [0.2, 0.25) is 0 Å². The summed E-state index contributed by atoms with van der Waals surface area (Å²) in [5.41, 5.74) is 2.22. The molecule has 3 rings (SSSR count). The molecule has 0 aliphatic carbocycles. The number of hydrogen-bond acceptors (Lipinski definition) is 4. The second-order valence-electron chi connectivity index (χ2n) is 5.86. The molecule has 25 heavy (non-hydrogen) atoms. The van der Waals surface area contributed by atoms with E-state index in [-0.39, 0.29) is 18.2 Å². The number of nitrogens with one attached hydrogen (secondary N) is 3. The van der Waals surface area contributed by atoms with Gasteiger partial charge in [0, 0.05) is 5.69 Å². The fourth-order valence-electron chi connectivity index (χ4n) is 2.59. The van der Waals surface area contributed by atoms with E-state index in [2.05, 4.69) is 16.0 Å². The molecule has 130 valence electrons. The lowest BCUT2D eigenvalue weighted by molar-refractivity contribution is -0.122. The number of carbonyl (C=O) groups is 2. The molecule has 6 nitrogen and oxygen atoms in total. The van der Waals surface area contributed by atoms with E-state index in [0.29, 0.717) is 12.3 Å². The summed E-state index contributed by atoms with van der Waals surface area (Å²) in [5.74, 6) is 0.330. The van der Waals surface area contributed by atoms with Gasteiger partial charge >= 0.3 is 0 Å². The van der Waals surface area contributed by atoms with E-state index >= 15 is 0 Å². The quantitative estimate of drug-likeness (QED) is 0.755. The predicted molar refractivity (Wildman–Crippen MR) is 98.0 cm³/mol. The Balaban J connectivity index is 1.56. The van der Waals surface area contributed by atoms with Crippen molar-refractivity contribution in [2.24, 2.45) is 0 Å². The first-order valence-corrected chi connectivity index (χ1v) is 8.35. The standard InChI is InChI=1S/C19H21N3O3/c1-2-11-25-14-9-7-13(8-10-14)20-18(23)12-17-19(24)22-16-6-4-3-5-15(16)21-17/h3-10,17,21H,2,11-12H2,1H3,(H,20,23)(H,22,24)/t17-/m1/s1. The van der Waals surface area contributed by atoms with Gasteiger partial charge in [0.25, 0.3) is 0 Å². The number of benzene rings is 2. The molecule has 0 bridgehead atoms. The van der Waals surface area contributed by atoms with E-state index in [1.54, 1.807) is 12.1 Å². The molecule has 0 saturated carbocycles. The van der Waals surface area contributed by atoms with Crippen LogP contribution in [0.5, 0.6) is 5.75 Å². The van der Waals surface area contributed by atoms with Crippen LogP contribution in [0.3, 0.4) is 0 Å². The Morgan fingerprint density at radius 1 is 1.12 bits per heavy atom. The number of fused-ring (bicyclic) bond motifs is 1. The van der Waals surface area contributed by atoms with Crippen molar-refractivity contribution in [2.45, 2.75) is 25.8 Å². The molecule has 0 unspecified atom stereocenters. The van der Waals surface area contributed by atoms with Gasteiger partial charge < -0.3 is 20.7 Å². The molecule has 0 radical (unpaired) electrons. The smallest absolute Gasteiger partial charge is 0.247 e. The van der Waals surface area contributed by atoms with Gasteiger partial charge in [-0.05, 0) is 42.8 Å². The molecular formula is C19H21N3O3. The number of para-hydroxylation sites is 2. The maximum absolute atomic E-state index is 12.2. The number of ether oxygens (including phenoxy) is 1. The summed E-state index contributed by atoms with van der Waals surface area (Å²) in [5, 5.41) is 8.71. The minimum Gasteiger partial charge on any atom is -0.494 e. The molecule has 2 aromatic rings. The van der Waals surface area contributed by atoms with E-state index in [1.165, 1.54) is 0 Å². The van der Waals surface area contributed by atoms with Gasteiger partial charge in [0.15, 0.2) is 0 Å². The Morgan fingerprint density at radius 2 is 1.84 bits per heavy atom. The van der Waals surface area contributed by atoms with Crippen LogP contribution in [0.4, 0.5) is 17.1 Å². The normalized spacial score (nSPS) is 15.6. The summed E-state index contributed by atoms with van der Waals surface area (Å²) < 4.78 is 5.51. The molecule has 6 heteroatoms. The third kappa shape index (κ3) is 4.29. The van der Waals surface area contributed by atoms with Crippen LogP contribution in [0.25, 0.3) is 0 Å². The molecule has 2 amide bonds. The second-order valence-corrected chi connectivity index (χ2v) is 5.86. The van der Waals surface area contributed by atoms with Crippen LogP contribution >= 0.6 is 0 Å². The first-order chi connectivity index (χ1) is 12.2. The third-order valence-corrected chi connectivity index (χ3v) is 3.83. The van der Waals surface area contributed by atoms with Crippen molar-refractivity contribution >= 4 is 28.9 Å². The fourth-order valence-corrected chi connectivity index (χ4v) is 2.59. The highest BCUT2D eigenvalue weighted by atomic mass is 16.5. The molecule has 1 aliphatic heterocycles. The van der Waals surface area contributed by atoms with Gasteiger partial charge in [-0.1, -0.05) is 19.1 Å². The third-order valence-electron chi connectivity index (χ3n) is 3.83. The largest absolute Gasteiger partial charge is 0.494 e. The molecule has 0 saturated heterocycles. The Bertz CT molecular complexity index is 759. The summed E-state index contributed by atoms with van der Waals surface area (Å²) in [7, 11) is 0. The van der Waals surface area contributed by atoms with Gasteiger partial charge in [0.2, 0.25) is 11.8 Å². The first-order valence-electron chi connectivity index (χ1n) is 8.35. The molecular weight excluding hydrogens is 318 g/mol. The van der Waals surface area contributed by atoms with Crippen molar-refractivity contribution in [3.8, 4) is 5.75 Å². The van der Waals surface area contributed by atoms with E-state index in [4.69, 9.17) is 4.74 Å². The van der Waals surface area contributed by atoms with Crippen molar-refractivity contribution in [2.75, 3.05) is 22.6 Å². The minimum atomic E-state index is -0.595. The number of carbonyl (C=O) groups excluding carboxylic acids is 2. The summed E-state index contributed by atoms with van der Waals surface area (Å²) in [6.45, 7) is 2.71. The second kappa shape index (κ2) is 7.70. The van der Waals surface area contributed by atoms with Crippen LogP contribution in [0.15, 0.2) is 48.5 Å². The van der Waals surface area contributed by atoms with Crippen LogP contribution in [0.1, 0.15) is 19.8 Å². The average molecular weight is 339 g/mol. The molecule has 0 aromatic heterocycles. The van der Waals surface area contributed by atoms with E-state index in [9.17, 15) is 9.59 Å². The van der Waals surface area contributed by atoms with Crippen molar-refractivity contribution in [1.29, 1.82) is 0 Å². The zero-order valence-electron chi connectivity index (χ0n) is 14.0. The minimum absolute atomic E-state index is 0.0499. The van der Waals surface area contributed by atoms with Crippen molar-refractivity contribution in [3.05, 3.63) is 48.5 Å². The van der Waals surface area contributed by atoms with Gasteiger partial charge in [-0.3, -0.25) is 9.59 Å². The predicted octanol–water partition coefficient (Wildman–Crippen LogP) is 3.24. The Labute approximate surface area is 146 Å². The number of hydrogen-bond donors (Lipinski definition) is 3. The monoisotopic (exact) mass is 339 g/mol. The lowest BCUT2D eigenvalue weighted by atomic mass is 10.1. The highest BCUT2D eigenvalue weighted by Gasteiger charge is 2.27. The molecule has 3 N–H and O–H groups in total. The van der Waals surface area contributed by atoms with Crippen LogP contribution < -0.4 is 20.7 Å². The average Bonchev–Trinajstić information content (AvgIpc) is 2.62. The summed E-state index contributed by atoms with van der Waals surface area (Å²) in [6, 6.07) is 14.0. The SMILES string of the molecule is CCCOc1ccc(NC(=O)C[C@H]2Nc3ccccc3NC2=O)cc1. The Hall–Kier alpha value is -3.02. The van der Waals surface area contributed by atoms with Crippen molar-refractivity contribution < 1.29 is 14.3 Å². The number of amides is 2. The topological polar surface area (TPSA) is 79.5 Å². The fraction of sp³-hybridized carbons (Fsp3) is 0.263. The van der Waals surface area contributed by atoms with E-state index < -0.39 is 6.04 Å². The number of anilines is 3. The molecule has 0 spiro atoms. The molecule has 1 aliphatic rings. The lowest BCUT2D eigenvalue weighted by Crippen LogP contribution is -2.41. The van der Waals surface area contributed by atoms with Crippen LogP contribution in [0, 0.1) is 0 Å². The van der Waals surface area contributed by atoms with Crippen molar-refractivity contribution in [3.63, 3.8) is 0 Å². The molecule has 2 aromatic carbocycles. The summed E-state index contributed by atoms with van der Waals surface area (Å²) in [4.78, 5) is 24.4. The molecule has 0 fully saturated rings. The van der Waals surface area contributed by atoms with Crippen molar-refractivity contribution in [1.82, 2.24) is 0 Å². The van der Waals surface area contributed by atoms with E-state index in [1.807, 2.05) is 43.3 Å². The van der Waals surface area contributed by atoms with Gasteiger partial charge in [0.05, 0.1) is 24.4 Å². The summed E-state index contributed by atoms with van der Waals surface area (Å²) >= 11 is 0. The van der Waals surface area contributed by atoms with Crippen LogP contribution in [-0.4, -0.2) is 24.5 Å². The zero-order valence-corrected chi connectivity index (χ0v) is 14.0. The maximum atomic E-state index is 12.2. The van der Waals surface area contributed by atoms with Gasteiger partial charge in [-0.15, -0.1) is 0 Å². The lowest BCUT2D eigenvalue weighted by Gasteiger charge is -2.26. The maximum Gasteiger partial charge on any atom is 0.247 e. The van der Waals surface area contributed by atoms with Crippen LogP contribution in [-0.2, 0) is 9.59 Å². The van der Waals surface area contributed by atoms with E-state index in [0.717, 1.165) is 23.5 Å². The van der Waals surface area contributed by atoms with Gasteiger partial charge in [-0.25, -0.2) is 0 Å². The summed E-state index contributed by atoms with van der Waals surface area (Å²) in [6.07, 6.45) is 0.992. The highest BCUT2D eigenvalue weighted by Crippen LogP contribution is 2.26. The molecule has 1 heterocycles. The zero-order chi connectivity index (χ0) is 17.6. The van der Waals surface area contributed by atoms with Gasteiger partial charge in [0.1, 0.15) is 11.8 Å². The Morgan fingerprint density at radius 3 is 2.56 bits per heavy atom. The Kier molecular flexibility index (Phi) is 5.18. The van der Waals surface area contributed by atoms with Gasteiger partial charge in [-0.2, -0.15) is 0 Å². The first kappa shape index (κ1) is 16.8. The molecule has 1 atom stereocenters.